The van der Waals surface area contributed by atoms with E-state index in [9.17, 15) is 4.39 Å². The highest BCUT2D eigenvalue weighted by molar-refractivity contribution is 5.79. The predicted molar refractivity (Wildman–Crippen MR) is 154 cm³/mol. The first-order chi connectivity index (χ1) is 19.5. The average Bonchev–Trinajstić information content (AvgIpc) is 3.60. The number of carbonyl (C=O) groups excluding carboxylic acids is 1. The van der Waals surface area contributed by atoms with Crippen molar-refractivity contribution in [3.8, 4) is 22.6 Å². The Bertz CT molecular complexity index is 1390. The molecule has 0 unspecified atom stereocenters. The minimum Gasteiger partial charge on any atom is -0.501 e. The number of halogens is 1. The van der Waals surface area contributed by atoms with E-state index in [4.69, 9.17) is 18.9 Å². The summed E-state index contributed by atoms with van der Waals surface area (Å²) in [7, 11) is 3.55. The lowest BCUT2D eigenvalue weighted by Crippen LogP contribution is -2.35. The first kappa shape index (κ1) is 30.0. The van der Waals surface area contributed by atoms with Gasteiger partial charge in [-0.15, -0.1) is 0 Å². The van der Waals surface area contributed by atoms with Crippen LogP contribution in [-0.4, -0.2) is 59.4 Å². The lowest BCUT2D eigenvalue weighted by atomic mass is 10.1. The number of nitrogens with one attached hydrogen (secondary N) is 3. The van der Waals surface area contributed by atoms with Crippen LogP contribution >= 0.6 is 0 Å². The van der Waals surface area contributed by atoms with Gasteiger partial charge in [0.15, 0.2) is 0 Å². The number of nitrogens with zero attached hydrogens (tertiary/aromatic N) is 4. The van der Waals surface area contributed by atoms with Crippen molar-refractivity contribution in [2.45, 2.75) is 32.7 Å². The van der Waals surface area contributed by atoms with E-state index >= 15 is 0 Å². The number of methoxy groups -OCH3 is 1. The number of hydrogen-bond acceptors (Lipinski definition) is 9. The van der Waals surface area contributed by atoms with Gasteiger partial charge in [-0.2, -0.15) is 4.98 Å². The zero-order valence-electron chi connectivity index (χ0n) is 23.3. The van der Waals surface area contributed by atoms with E-state index in [0.717, 1.165) is 54.3 Å². The van der Waals surface area contributed by atoms with E-state index in [2.05, 4.69) is 25.9 Å². The quantitative estimate of drug-likeness (QED) is 0.220. The largest absolute Gasteiger partial charge is 0.501 e. The predicted octanol–water partition coefficient (Wildman–Crippen LogP) is 4.83. The summed E-state index contributed by atoms with van der Waals surface area (Å²) in [5, 5.41) is 9.78. The Labute approximate surface area is 233 Å². The van der Waals surface area contributed by atoms with Gasteiger partial charge in [0.2, 0.25) is 5.95 Å². The Morgan fingerprint density at radius 1 is 1.15 bits per heavy atom. The zero-order chi connectivity index (χ0) is 28.9. The molecule has 1 fully saturated rings. The van der Waals surface area contributed by atoms with Gasteiger partial charge in [0.25, 0.3) is 0 Å². The molecule has 0 atom stereocenters. The van der Waals surface area contributed by atoms with E-state index < -0.39 is 0 Å². The monoisotopic (exact) mass is 549 g/mol. The maximum atomic E-state index is 13.4. The van der Waals surface area contributed by atoms with Crippen LogP contribution in [0, 0.1) is 5.82 Å². The fourth-order valence-corrected chi connectivity index (χ4v) is 3.94. The Morgan fingerprint density at radius 3 is 2.55 bits per heavy atom. The second-order valence-electron chi connectivity index (χ2n) is 8.89. The normalized spacial score (nSPS) is 14.0. The van der Waals surface area contributed by atoms with Gasteiger partial charge in [0, 0.05) is 36.7 Å². The van der Waals surface area contributed by atoms with Crippen LogP contribution in [0.1, 0.15) is 26.7 Å². The van der Waals surface area contributed by atoms with Gasteiger partial charge in [0.05, 0.1) is 18.6 Å². The number of fused-ring (bicyclic) bond motifs is 1. The Balaban J connectivity index is 0.000000314. The molecule has 5 rings (SSSR count). The number of hydrogen-bond donors (Lipinski definition) is 3. The maximum absolute atomic E-state index is 13.4. The molecule has 11 heteroatoms. The fourth-order valence-electron chi connectivity index (χ4n) is 3.94. The fraction of sp³-hybridized carbons (Fsp3) is 0.310. The number of carbonyl (C=O) groups is 1. The second kappa shape index (κ2) is 15.2. The first-order valence-electron chi connectivity index (χ1n) is 12.9. The third-order valence-corrected chi connectivity index (χ3v) is 6.23. The standard InChI is InChI=1S/C20H19FN6O.C8H15NO.CH2O/c21-14-3-1-13(2-4-14)17-18(27-11-12-28-20(27)26-17)16-7-10-23-19(25-16)24-15-5-8-22-9-6-15;1-7(9-3)5-6-8(2)10-4;1-2/h1-4,7,10-12,15,22H,5-6,8-9H2,(H,23,24,25);5-6,9H,1-4H3;1H2/b;7-5+,8-6+;. The molecule has 0 radical (unpaired) electrons. The zero-order valence-corrected chi connectivity index (χ0v) is 23.3. The van der Waals surface area contributed by atoms with Crippen molar-refractivity contribution in [2.24, 2.45) is 0 Å². The van der Waals surface area contributed by atoms with Crippen LogP contribution in [0.15, 0.2) is 77.0 Å². The molecular formula is C29H36FN7O3. The number of benzene rings is 1. The summed E-state index contributed by atoms with van der Waals surface area (Å²) in [5.41, 5.74) is 4.11. The van der Waals surface area contributed by atoms with Crippen LogP contribution < -0.4 is 16.0 Å². The van der Waals surface area contributed by atoms with E-state index in [1.54, 1.807) is 37.9 Å². The smallest absolute Gasteiger partial charge is 0.306 e. The maximum Gasteiger partial charge on any atom is 0.306 e. The number of anilines is 1. The van der Waals surface area contributed by atoms with Gasteiger partial charge in [-0.1, -0.05) is 0 Å². The van der Waals surface area contributed by atoms with Gasteiger partial charge in [-0.05, 0) is 82.3 Å². The molecule has 1 aliphatic heterocycles. The molecule has 0 aliphatic carbocycles. The van der Waals surface area contributed by atoms with Crippen molar-refractivity contribution in [3.63, 3.8) is 0 Å². The molecule has 0 spiro atoms. The molecule has 3 N–H and O–H groups in total. The van der Waals surface area contributed by atoms with Crippen molar-refractivity contribution in [3.05, 3.63) is 78.4 Å². The minimum atomic E-state index is -0.288. The van der Waals surface area contributed by atoms with Crippen LogP contribution in [0.4, 0.5) is 10.3 Å². The van der Waals surface area contributed by atoms with Crippen LogP contribution in [0.25, 0.3) is 28.5 Å². The summed E-state index contributed by atoms with van der Waals surface area (Å²) in [6.45, 7) is 7.90. The van der Waals surface area contributed by atoms with Crippen molar-refractivity contribution in [2.75, 3.05) is 32.6 Å². The topological polar surface area (TPSA) is 119 Å². The lowest BCUT2D eigenvalue weighted by Gasteiger charge is -2.23. The van der Waals surface area contributed by atoms with E-state index in [-0.39, 0.29) is 5.82 Å². The number of aromatic nitrogens is 4. The summed E-state index contributed by atoms with van der Waals surface area (Å²) < 4.78 is 25.6. The summed E-state index contributed by atoms with van der Waals surface area (Å²) in [6.07, 6.45) is 11.1. The van der Waals surface area contributed by atoms with Gasteiger partial charge >= 0.3 is 5.84 Å². The van der Waals surface area contributed by atoms with Gasteiger partial charge in [-0.3, -0.25) is 4.40 Å². The molecule has 4 aromatic rings. The van der Waals surface area contributed by atoms with Crippen LogP contribution in [0.5, 0.6) is 0 Å². The molecule has 3 aromatic heterocycles. The van der Waals surface area contributed by atoms with Crippen LogP contribution in [0.2, 0.25) is 0 Å². The summed E-state index contributed by atoms with van der Waals surface area (Å²) >= 11 is 0. The van der Waals surface area contributed by atoms with Crippen molar-refractivity contribution in [1.29, 1.82) is 0 Å². The third-order valence-electron chi connectivity index (χ3n) is 6.23. The molecule has 1 aliphatic rings. The Kier molecular flexibility index (Phi) is 11.4. The molecule has 1 saturated heterocycles. The van der Waals surface area contributed by atoms with Crippen molar-refractivity contribution < 1.29 is 18.3 Å². The minimum absolute atomic E-state index is 0.288. The molecule has 0 saturated carbocycles. The number of ether oxygens (including phenoxy) is 1. The summed E-state index contributed by atoms with van der Waals surface area (Å²) in [6, 6.07) is 8.45. The van der Waals surface area contributed by atoms with E-state index in [1.807, 2.05) is 50.3 Å². The Hall–Kier alpha value is -4.51. The highest BCUT2D eigenvalue weighted by Gasteiger charge is 2.20. The first-order valence-corrected chi connectivity index (χ1v) is 12.9. The third kappa shape index (κ3) is 8.00. The lowest BCUT2D eigenvalue weighted by molar-refractivity contribution is -0.0980. The number of allylic oxidation sites excluding steroid dienone is 4. The number of piperidine rings is 1. The summed E-state index contributed by atoms with van der Waals surface area (Å²) in [5.74, 6) is 1.67. The number of imidazole rings is 1. The second-order valence-corrected chi connectivity index (χ2v) is 8.89. The molecule has 40 heavy (non-hydrogen) atoms. The molecule has 0 amide bonds. The van der Waals surface area contributed by atoms with Crippen LogP contribution in [0.3, 0.4) is 0 Å². The molecular weight excluding hydrogens is 513 g/mol. The summed E-state index contributed by atoms with van der Waals surface area (Å²) in [4.78, 5) is 21.7. The van der Waals surface area contributed by atoms with Crippen molar-refractivity contribution >= 4 is 18.6 Å². The van der Waals surface area contributed by atoms with E-state index in [1.165, 1.54) is 12.1 Å². The molecule has 0 bridgehead atoms. The molecule has 1 aromatic carbocycles. The van der Waals surface area contributed by atoms with Gasteiger partial charge in [-0.25, -0.2) is 14.4 Å². The molecule has 4 heterocycles. The van der Waals surface area contributed by atoms with Gasteiger partial charge < -0.3 is 29.9 Å². The van der Waals surface area contributed by atoms with Gasteiger partial charge in [0.1, 0.15) is 30.3 Å². The molecule has 10 nitrogen and oxygen atoms in total. The SMILES string of the molecule is C=O.CN/C(C)=C/C=C(\C)OC.Fc1ccc(-c2nc3occn3c2-c2ccnc(NC3CCNCC3)n2)cc1. The van der Waals surface area contributed by atoms with Crippen molar-refractivity contribution in [1.82, 2.24) is 30.0 Å². The Morgan fingerprint density at radius 2 is 1.88 bits per heavy atom. The number of rotatable bonds is 7. The molecule has 212 valence electrons. The highest BCUT2D eigenvalue weighted by Crippen LogP contribution is 2.32. The van der Waals surface area contributed by atoms with Crippen LogP contribution in [-0.2, 0) is 9.53 Å². The van der Waals surface area contributed by atoms with E-state index in [0.29, 0.717) is 23.5 Å². The number of oxazole rings is 1. The highest BCUT2D eigenvalue weighted by atomic mass is 19.1. The average molecular weight is 550 g/mol.